The Balaban J connectivity index is 0.00000289. The lowest BCUT2D eigenvalue weighted by Crippen LogP contribution is -2.34. The number of sulfone groups is 1. The first-order valence-electron chi connectivity index (χ1n) is 11.5. The van der Waals surface area contributed by atoms with Gasteiger partial charge in [-0.25, -0.2) is 13.4 Å². The fourth-order valence-corrected chi connectivity index (χ4v) is 5.20. The zero-order valence-electron chi connectivity index (χ0n) is 20.1. The number of rotatable bonds is 5. The van der Waals surface area contributed by atoms with Crippen molar-refractivity contribution < 1.29 is 13.2 Å². The fraction of sp³-hybridized carbons (Fsp3) is 0.296. The van der Waals surface area contributed by atoms with Crippen LogP contribution in [0.1, 0.15) is 18.4 Å². The van der Waals surface area contributed by atoms with Gasteiger partial charge in [0.2, 0.25) is 0 Å². The molecule has 0 aliphatic carbocycles. The van der Waals surface area contributed by atoms with Gasteiger partial charge in [0.1, 0.15) is 17.7 Å². The molecule has 184 valence electrons. The lowest BCUT2D eigenvalue weighted by molar-refractivity contribution is 0.162. The highest BCUT2D eigenvalue weighted by Crippen LogP contribution is 2.32. The number of aryl methyl sites for hydroxylation is 2. The van der Waals surface area contributed by atoms with Crippen molar-refractivity contribution in [3.8, 4) is 28.3 Å². The highest BCUT2D eigenvalue weighted by molar-refractivity contribution is 7.90. The summed E-state index contributed by atoms with van der Waals surface area (Å²) in [5.74, 6) is 1.72. The van der Waals surface area contributed by atoms with Crippen molar-refractivity contribution >= 4 is 33.3 Å². The number of halogens is 1. The summed E-state index contributed by atoms with van der Waals surface area (Å²) < 4.78 is 31.8. The predicted molar refractivity (Wildman–Crippen MR) is 143 cm³/mol. The smallest absolute Gasteiger partial charge is 0.175 e. The zero-order valence-corrected chi connectivity index (χ0v) is 21.7. The van der Waals surface area contributed by atoms with Crippen molar-refractivity contribution in [2.45, 2.75) is 30.8 Å². The topological polar surface area (TPSA) is 73.2 Å². The van der Waals surface area contributed by atoms with Crippen LogP contribution in [0.25, 0.3) is 33.5 Å². The van der Waals surface area contributed by atoms with E-state index in [9.17, 15) is 8.42 Å². The van der Waals surface area contributed by atoms with Crippen molar-refractivity contribution in [2.75, 3.05) is 19.3 Å². The van der Waals surface area contributed by atoms with Crippen LogP contribution >= 0.6 is 12.4 Å². The molecule has 0 radical (unpaired) electrons. The highest BCUT2D eigenvalue weighted by Gasteiger charge is 2.16. The van der Waals surface area contributed by atoms with Crippen molar-refractivity contribution in [2.24, 2.45) is 7.05 Å². The Morgan fingerprint density at radius 2 is 1.57 bits per heavy atom. The van der Waals surface area contributed by atoms with Gasteiger partial charge in [0.05, 0.1) is 15.9 Å². The molecule has 1 saturated heterocycles. The maximum absolute atomic E-state index is 11.8. The molecular formula is C27H30ClN3O3S. The molecule has 5 rings (SSSR count). The summed E-state index contributed by atoms with van der Waals surface area (Å²) in [6.07, 6.45) is 3.58. The Bertz CT molecular complexity index is 1440. The minimum Gasteiger partial charge on any atom is -0.490 e. The van der Waals surface area contributed by atoms with E-state index in [0.717, 1.165) is 70.8 Å². The van der Waals surface area contributed by atoms with Crippen LogP contribution in [0.2, 0.25) is 0 Å². The Kier molecular flexibility index (Phi) is 7.22. The van der Waals surface area contributed by atoms with Gasteiger partial charge in [-0.1, -0.05) is 12.1 Å². The number of piperidine rings is 1. The molecule has 0 atom stereocenters. The molecule has 1 aliphatic heterocycles. The van der Waals surface area contributed by atoms with E-state index in [2.05, 4.69) is 53.2 Å². The molecule has 0 spiro atoms. The number of ether oxygens (including phenoxy) is 1. The van der Waals surface area contributed by atoms with Gasteiger partial charge in [0, 0.05) is 18.9 Å². The predicted octanol–water partition coefficient (Wildman–Crippen LogP) is 5.17. The van der Waals surface area contributed by atoms with Gasteiger partial charge in [-0.15, -0.1) is 12.4 Å². The summed E-state index contributed by atoms with van der Waals surface area (Å²) in [5, 5.41) is 3.36. The van der Waals surface area contributed by atoms with E-state index in [1.54, 1.807) is 12.1 Å². The standard InChI is InChI=1S/C27H29N3O3S.ClH/c1-18-16-21(19-4-8-22(9-5-19)33-23-12-14-28-15-13-23)17-25-26(18)29-27(30(25)2)20-6-10-24(11-7-20)34(3,31)32;/h4-11,16-17,23,28H,12-15H2,1-3H3;1H. The number of nitrogens with zero attached hydrogens (tertiary/aromatic N) is 2. The van der Waals surface area contributed by atoms with Gasteiger partial charge < -0.3 is 14.6 Å². The van der Waals surface area contributed by atoms with E-state index in [-0.39, 0.29) is 18.5 Å². The minimum atomic E-state index is -3.23. The second-order valence-electron chi connectivity index (χ2n) is 9.04. The second-order valence-corrected chi connectivity index (χ2v) is 11.1. The quantitative estimate of drug-likeness (QED) is 0.400. The van der Waals surface area contributed by atoms with Gasteiger partial charge in [0.15, 0.2) is 9.84 Å². The first-order valence-corrected chi connectivity index (χ1v) is 13.4. The molecular weight excluding hydrogens is 482 g/mol. The molecule has 1 N–H and O–H groups in total. The van der Waals surface area contributed by atoms with Crippen LogP contribution in [0.15, 0.2) is 65.6 Å². The molecule has 0 saturated carbocycles. The lowest BCUT2D eigenvalue weighted by Gasteiger charge is -2.23. The molecule has 6 nitrogen and oxygen atoms in total. The molecule has 35 heavy (non-hydrogen) atoms. The van der Waals surface area contributed by atoms with E-state index in [0.29, 0.717) is 4.90 Å². The fourth-order valence-electron chi connectivity index (χ4n) is 4.56. The van der Waals surface area contributed by atoms with E-state index in [4.69, 9.17) is 9.72 Å². The third-order valence-electron chi connectivity index (χ3n) is 6.49. The third kappa shape index (κ3) is 5.22. The van der Waals surface area contributed by atoms with E-state index < -0.39 is 9.84 Å². The van der Waals surface area contributed by atoms with E-state index >= 15 is 0 Å². The Hall–Kier alpha value is -2.87. The number of nitrogens with one attached hydrogen (secondary N) is 1. The minimum absolute atomic E-state index is 0. The molecule has 1 aromatic heterocycles. The van der Waals surface area contributed by atoms with Crippen LogP contribution in [0.3, 0.4) is 0 Å². The number of hydrogen-bond acceptors (Lipinski definition) is 5. The number of hydrogen-bond donors (Lipinski definition) is 1. The lowest BCUT2D eigenvalue weighted by atomic mass is 10.0. The number of fused-ring (bicyclic) bond motifs is 1. The van der Waals surface area contributed by atoms with E-state index in [1.807, 2.05) is 19.2 Å². The first-order chi connectivity index (χ1) is 16.3. The van der Waals surface area contributed by atoms with Gasteiger partial charge in [-0.05, 0) is 98.1 Å². The van der Waals surface area contributed by atoms with Crippen molar-refractivity contribution in [3.05, 3.63) is 66.2 Å². The van der Waals surface area contributed by atoms with E-state index in [1.165, 1.54) is 6.26 Å². The van der Waals surface area contributed by atoms with Crippen molar-refractivity contribution in [1.29, 1.82) is 0 Å². The molecule has 1 fully saturated rings. The highest BCUT2D eigenvalue weighted by atomic mass is 35.5. The number of benzene rings is 3. The monoisotopic (exact) mass is 511 g/mol. The molecule has 4 aromatic rings. The molecule has 8 heteroatoms. The van der Waals surface area contributed by atoms with Crippen LogP contribution in [-0.4, -0.2) is 43.4 Å². The summed E-state index contributed by atoms with van der Waals surface area (Å²) in [5.41, 5.74) is 6.21. The molecule has 0 bridgehead atoms. The van der Waals surface area contributed by atoms with Crippen LogP contribution in [0.4, 0.5) is 0 Å². The Morgan fingerprint density at radius 1 is 0.943 bits per heavy atom. The van der Waals surface area contributed by atoms with Gasteiger partial charge in [0.25, 0.3) is 0 Å². The van der Waals surface area contributed by atoms with Gasteiger partial charge >= 0.3 is 0 Å². The van der Waals surface area contributed by atoms with Crippen LogP contribution in [-0.2, 0) is 16.9 Å². The average Bonchev–Trinajstić information content (AvgIpc) is 3.17. The van der Waals surface area contributed by atoms with Gasteiger partial charge in [-0.2, -0.15) is 0 Å². The van der Waals surface area contributed by atoms with Crippen LogP contribution < -0.4 is 10.1 Å². The summed E-state index contributed by atoms with van der Waals surface area (Å²) >= 11 is 0. The Labute approximate surface area is 212 Å². The van der Waals surface area contributed by atoms with Crippen molar-refractivity contribution in [1.82, 2.24) is 14.9 Å². The van der Waals surface area contributed by atoms with Crippen molar-refractivity contribution in [3.63, 3.8) is 0 Å². The average molecular weight is 512 g/mol. The summed E-state index contributed by atoms with van der Waals surface area (Å²) in [6, 6.07) is 19.5. The first kappa shape index (κ1) is 25.2. The van der Waals surface area contributed by atoms with Gasteiger partial charge in [-0.3, -0.25) is 0 Å². The second kappa shape index (κ2) is 10.0. The zero-order chi connectivity index (χ0) is 23.9. The SMILES string of the molecule is Cc1cc(-c2ccc(OC3CCNCC3)cc2)cc2c1nc(-c1ccc(S(C)(=O)=O)cc1)n2C.Cl. The summed E-state index contributed by atoms with van der Waals surface area (Å²) in [4.78, 5) is 5.18. The largest absolute Gasteiger partial charge is 0.490 e. The molecule has 0 amide bonds. The maximum Gasteiger partial charge on any atom is 0.175 e. The van der Waals surface area contributed by atoms with Crippen LogP contribution in [0.5, 0.6) is 5.75 Å². The molecule has 1 aliphatic rings. The Morgan fingerprint density at radius 3 is 2.20 bits per heavy atom. The summed E-state index contributed by atoms with van der Waals surface area (Å²) in [6.45, 7) is 4.09. The molecule has 0 unspecified atom stereocenters. The molecule has 3 aromatic carbocycles. The summed E-state index contributed by atoms with van der Waals surface area (Å²) in [7, 11) is -1.24. The number of aromatic nitrogens is 2. The normalized spacial score (nSPS) is 14.6. The maximum atomic E-state index is 11.8. The third-order valence-corrected chi connectivity index (χ3v) is 7.62. The van der Waals surface area contributed by atoms with Crippen LogP contribution in [0, 0.1) is 6.92 Å². The number of imidazole rings is 1. The molecule has 2 heterocycles.